The van der Waals surface area contributed by atoms with Gasteiger partial charge in [0.15, 0.2) is 0 Å². The number of ether oxygens (including phenoxy) is 1. The molecule has 3 aromatic carbocycles. The highest BCUT2D eigenvalue weighted by Gasteiger charge is 2.16. The maximum Gasteiger partial charge on any atom is 0.249 e. The summed E-state index contributed by atoms with van der Waals surface area (Å²) in [5.74, 6) is 1.64. The van der Waals surface area contributed by atoms with Crippen LogP contribution >= 0.6 is 0 Å². The molecule has 35 heavy (non-hydrogen) atoms. The Balaban J connectivity index is 1.52. The molecule has 0 spiro atoms. The van der Waals surface area contributed by atoms with E-state index in [1.54, 1.807) is 12.1 Å². The van der Waals surface area contributed by atoms with E-state index in [0.717, 1.165) is 50.4 Å². The quantitative estimate of drug-likeness (QED) is 0.301. The van der Waals surface area contributed by atoms with Crippen LogP contribution in [0.15, 0.2) is 72.9 Å². The highest BCUT2D eigenvalue weighted by molar-refractivity contribution is 5.83. The van der Waals surface area contributed by atoms with Crippen molar-refractivity contribution in [3.8, 4) is 28.8 Å². The summed E-state index contributed by atoms with van der Waals surface area (Å²) >= 11 is 0. The zero-order valence-corrected chi connectivity index (χ0v) is 19.7. The number of rotatable bonds is 5. The molecule has 0 atom stereocenters. The van der Waals surface area contributed by atoms with E-state index in [4.69, 9.17) is 20.7 Å². The van der Waals surface area contributed by atoms with Gasteiger partial charge in [0.05, 0.1) is 17.1 Å². The molecule has 0 aliphatic heterocycles. The second-order valence-electron chi connectivity index (χ2n) is 8.49. The second-order valence-corrected chi connectivity index (χ2v) is 8.49. The number of fused-ring (bicyclic) bond motifs is 1. The predicted molar refractivity (Wildman–Crippen MR) is 139 cm³/mol. The van der Waals surface area contributed by atoms with Gasteiger partial charge >= 0.3 is 0 Å². The number of hydrogen-bond acceptors (Lipinski definition) is 6. The maximum absolute atomic E-state index is 9.03. The first-order chi connectivity index (χ1) is 16.9. The Morgan fingerprint density at radius 1 is 0.914 bits per heavy atom. The van der Waals surface area contributed by atoms with Gasteiger partial charge in [0.1, 0.15) is 11.3 Å². The molecule has 0 aliphatic rings. The van der Waals surface area contributed by atoms with Gasteiger partial charge in [-0.25, -0.2) is 4.98 Å². The van der Waals surface area contributed by atoms with E-state index in [2.05, 4.69) is 28.5 Å². The lowest BCUT2D eigenvalue weighted by atomic mass is 9.99. The minimum atomic E-state index is 0.414. The Hall–Kier alpha value is -4.83. The molecule has 7 nitrogen and oxygen atoms in total. The molecule has 5 aromatic rings. The molecular formula is C28H24N6O. The molecule has 5 rings (SSSR count). The first-order valence-corrected chi connectivity index (χ1v) is 11.2. The van der Waals surface area contributed by atoms with E-state index in [-0.39, 0.29) is 0 Å². The Labute approximate surface area is 203 Å². The number of nitrogens with two attached hydrogens (primary N) is 1. The minimum Gasteiger partial charge on any atom is -0.436 e. The summed E-state index contributed by atoms with van der Waals surface area (Å²) in [5, 5.41) is 12.3. The van der Waals surface area contributed by atoms with E-state index < -0.39 is 0 Å². The molecule has 3 N–H and O–H groups in total. The zero-order chi connectivity index (χ0) is 24.5. The van der Waals surface area contributed by atoms with Crippen molar-refractivity contribution in [3.63, 3.8) is 0 Å². The van der Waals surface area contributed by atoms with E-state index in [0.29, 0.717) is 17.4 Å². The summed E-state index contributed by atoms with van der Waals surface area (Å²) < 4.78 is 8.39. The lowest BCUT2D eigenvalue weighted by molar-refractivity contribution is 0.459. The molecule has 2 heterocycles. The van der Waals surface area contributed by atoms with E-state index in [1.807, 2.05) is 74.1 Å². The number of nitrogens with one attached hydrogen (secondary N) is 1. The topological polar surface area (TPSA) is 102 Å². The molecule has 172 valence electrons. The van der Waals surface area contributed by atoms with Gasteiger partial charge in [0, 0.05) is 24.6 Å². The third kappa shape index (κ3) is 4.37. The maximum atomic E-state index is 9.03. The Morgan fingerprint density at radius 3 is 2.26 bits per heavy atom. The van der Waals surface area contributed by atoms with Gasteiger partial charge in [-0.15, -0.1) is 0 Å². The van der Waals surface area contributed by atoms with Gasteiger partial charge in [-0.2, -0.15) is 10.2 Å². The lowest BCUT2D eigenvalue weighted by Gasteiger charge is -2.15. The third-order valence-corrected chi connectivity index (χ3v) is 5.86. The van der Waals surface area contributed by atoms with Crippen LogP contribution in [0.25, 0.3) is 22.2 Å². The number of nitrogens with zero attached hydrogens (tertiary/aromatic N) is 4. The van der Waals surface area contributed by atoms with Crippen molar-refractivity contribution in [2.24, 2.45) is 7.05 Å². The second kappa shape index (κ2) is 8.84. The molecule has 0 saturated heterocycles. The van der Waals surface area contributed by atoms with Crippen molar-refractivity contribution >= 4 is 28.4 Å². The largest absolute Gasteiger partial charge is 0.436 e. The van der Waals surface area contributed by atoms with E-state index in [1.165, 1.54) is 0 Å². The number of hydrogen-bond donors (Lipinski definition) is 2. The van der Waals surface area contributed by atoms with Gasteiger partial charge in [-0.3, -0.25) is 0 Å². The van der Waals surface area contributed by atoms with Crippen molar-refractivity contribution in [2.45, 2.75) is 13.8 Å². The summed E-state index contributed by atoms with van der Waals surface area (Å²) in [7, 11) is 1.94. The van der Waals surface area contributed by atoms with Gasteiger partial charge in [-0.1, -0.05) is 12.1 Å². The van der Waals surface area contributed by atoms with Crippen LogP contribution in [0.2, 0.25) is 0 Å². The molecular weight excluding hydrogens is 436 g/mol. The van der Waals surface area contributed by atoms with Crippen LogP contribution < -0.4 is 15.8 Å². The number of aryl methyl sites for hydroxylation is 3. The van der Waals surface area contributed by atoms with Gasteiger partial charge < -0.3 is 20.4 Å². The van der Waals surface area contributed by atoms with Crippen LogP contribution in [-0.4, -0.2) is 14.5 Å². The van der Waals surface area contributed by atoms with Crippen LogP contribution in [0.1, 0.15) is 16.7 Å². The first-order valence-electron chi connectivity index (χ1n) is 11.2. The molecule has 0 saturated carbocycles. The van der Waals surface area contributed by atoms with Crippen LogP contribution in [0, 0.1) is 25.2 Å². The molecule has 0 unspecified atom stereocenters. The van der Waals surface area contributed by atoms with Crippen molar-refractivity contribution in [3.05, 3.63) is 89.6 Å². The normalized spacial score (nSPS) is 10.8. The number of nitriles is 1. The fourth-order valence-electron chi connectivity index (χ4n) is 4.09. The standard InChI is InChI=1S/C28H24N6O/c1-17-14-21(20-6-8-22(30)9-7-20)15-18(2)26(17)35-27-25-24(12-13-34(25)3)32-28(33-27)31-23-10-4-19(16-29)5-11-23/h4-15H,30H2,1-3H3,(H,31,32,33). The summed E-state index contributed by atoms with van der Waals surface area (Å²) in [4.78, 5) is 9.34. The highest BCUT2D eigenvalue weighted by Crippen LogP contribution is 2.36. The van der Waals surface area contributed by atoms with Gasteiger partial charge in [-0.05, 0) is 90.7 Å². The summed E-state index contributed by atoms with van der Waals surface area (Å²) in [6.45, 7) is 4.06. The van der Waals surface area contributed by atoms with Crippen molar-refractivity contribution in [1.29, 1.82) is 5.26 Å². The van der Waals surface area contributed by atoms with Gasteiger partial charge in [0.2, 0.25) is 11.8 Å². The first kappa shape index (κ1) is 22.0. The number of nitrogen functional groups attached to an aromatic ring is 1. The van der Waals surface area contributed by atoms with Crippen molar-refractivity contribution in [1.82, 2.24) is 14.5 Å². The number of aromatic nitrogens is 3. The SMILES string of the molecule is Cc1cc(-c2ccc(N)cc2)cc(C)c1Oc1nc(Nc2ccc(C#N)cc2)nc2ccn(C)c12. The summed E-state index contributed by atoms with van der Waals surface area (Å²) in [6, 6.07) is 23.2. The highest BCUT2D eigenvalue weighted by atomic mass is 16.5. The van der Waals surface area contributed by atoms with E-state index in [9.17, 15) is 0 Å². The molecule has 0 radical (unpaired) electrons. The fraction of sp³-hybridized carbons (Fsp3) is 0.107. The molecule has 7 heteroatoms. The molecule has 2 aromatic heterocycles. The molecule has 0 amide bonds. The van der Waals surface area contributed by atoms with Crippen molar-refractivity contribution in [2.75, 3.05) is 11.1 Å². The number of anilines is 3. The Kier molecular flexibility index (Phi) is 5.55. The molecule has 0 bridgehead atoms. The molecule has 0 fully saturated rings. The van der Waals surface area contributed by atoms with Crippen LogP contribution in [-0.2, 0) is 7.05 Å². The molecule has 0 aliphatic carbocycles. The van der Waals surface area contributed by atoms with Gasteiger partial charge in [0.25, 0.3) is 0 Å². The van der Waals surface area contributed by atoms with Crippen molar-refractivity contribution < 1.29 is 4.74 Å². The summed E-state index contributed by atoms with van der Waals surface area (Å²) in [6.07, 6.45) is 1.93. The Bertz CT molecular complexity index is 1550. The van der Waals surface area contributed by atoms with Crippen LogP contribution in [0.5, 0.6) is 11.6 Å². The van der Waals surface area contributed by atoms with E-state index >= 15 is 0 Å². The summed E-state index contributed by atoms with van der Waals surface area (Å²) in [5.41, 5.74) is 13.7. The lowest BCUT2D eigenvalue weighted by Crippen LogP contribution is -2.02. The average molecular weight is 461 g/mol. The minimum absolute atomic E-state index is 0.414. The Morgan fingerprint density at radius 2 is 1.60 bits per heavy atom. The zero-order valence-electron chi connectivity index (χ0n) is 19.7. The smallest absolute Gasteiger partial charge is 0.249 e. The predicted octanol–water partition coefficient (Wildman–Crippen LogP) is 6.24. The monoisotopic (exact) mass is 460 g/mol. The third-order valence-electron chi connectivity index (χ3n) is 5.86. The number of benzene rings is 3. The fourth-order valence-corrected chi connectivity index (χ4v) is 4.09. The van der Waals surface area contributed by atoms with Crippen LogP contribution in [0.3, 0.4) is 0 Å². The average Bonchev–Trinajstić information content (AvgIpc) is 3.23. The van der Waals surface area contributed by atoms with Crippen LogP contribution in [0.4, 0.5) is 17.3 Å².